The van der Waals surface area contributed by atoms with Gasteiger partial charge in [-0.05, 0) is 229 Å². The minimum atomic E-state index is -4.22. The molecule has 0 aromatic heterocycles. The minimum Gasteiger partial charge on any atom is -0.494 e. The summed E-state index contributed by atoms with van der Waals surface area (Å²) < 4.78 is 107. The molecule has 0 aliphatic carbocycles. The molecule has 0 aliphatic heterocycles. The molecule has 0 spiro atoms. The zero-order chi connectivity index (χ0) is 61.0. The minimum absolute atomic E-state index is 0.00241. The highest BCUT2D eigenvalue weighted by Crippen LogP contribution is 2.41. The molecule has 448 valence electrons. The van der Waals surface area contributed by atoms with Gasteiger partial charge in [-0.15, -0.1) is 20.5 Å². The van der Waals surface area contributed by atoms with E-state index in [4.69, 9.17) is 28.1 Å². The molecular weight excluding hydrogens is 1300 g/mol. The number of nitrogens with one attached hydrogen (secondary N) is 2. The molecule has 0 fully saturated rings. The number of amides is 2. The molecule has 6 aromatic carbocycles. The molecule has 0 saturated heterocycles. The Hall–Kier alpha value is -6.41. The van der Waals surface area contributed by atoms with Gasteiger partial charge in [-0.1, -0.05) is 0 Å². The van der Waals surface area contributed by atoms with Gasteiger partial charge in [0.2, 0.25) is 0 Å². The average molecular weight is 1360 g/mol. The first-order valence-electron chi connectivity index (χ1n) is 25.8. The lowest BCUT2D eigenvalue weighted by Gasteiger charge is -2.14. The summed E-state index contributed by atoms with van der Waals surface area (Å²) in [4.78, 5) is 13.6. The lowest BCUT2D eigenvalue weighted by atomic mass is 10.1. The molecule has 0 heterocycles. The first-order chi connectivity index (χ1) is 40.0. The molecule has 6 aromatic rings. The van der Waals surface area contributed by atoms with Crippen molar-refractivity contribution in [3.63, 3.8) is 0 Å². The van der Waals surface area contributed by atoms with Gasteiger partial charge in [-0.2, -0.15) is 37.3 Å². The first kappa shape index (κ1) is 66.7. The van der Waals surface area contributed by atoms with Gasteiger partial charge in [0.05, 0.1) is 60.7 Å². The lowest BCUT2D eigenvalue weighted by Crippen LogP contribution is -2.20. The summed E-state index contributed by atoms with van der Waals surface area (Å²) in [5.74, 6) is 1.82. The molecule has 84 heavy (non-hydrogen) atoms. The molecule has 0 radical (unpaired) electrons. The number of hydrogen-bond acceptors (Lipinski definition) is 21. The van der Waals surface area contributed by atoms with Crippen LogP contribution in [0.5, 0.6) is 23.0 Å². The van der Waals surface area contributed by atoms with Crippen LogP contribution in [0.25, 0.3) is 0 Å². The Morgan fingerprint density at radius 3 is 1.12 bits per heavy atom. The van der Waals surface area contributed by atoms with Crippen LogP contribution in [0, 0.1) is 41.5 Å². The molecule has 6 N–H and O–H groups in total. The van der Waals surface area contributed by atoms with Gasteiger partial charge in [-0.3, -0.25) is 9.11 Å². The standard InChI is InChI=1S/C55H62Br2N10O13S4/c1-33-25-47(62-66-51-27-37(5)49(31-53(51)79-17-9-21-83(71,72)73)64-60-43-13-11-39(29-41(43)56)77-15-7-19-81-69)35(3)23-45(33)58-55(68)59-46-24-36(4)48(26-34(46)2)63-67-52-28-38(6)50(32-54(52)80-18-10-22-84(74,75)76)65-61-44-14-12-40(30-42(44)57)78-16-8-20-82-70/h11-14,23-32,69-70H,7-10,15-22H2,1-6H3,(H2,58,59,68)(H,71,72,73)(H,74,75,76). The van der Waals surface area contributed by atoms with Crippen LogP contribution >= 0.6 is 55.9 Å². The van der Waals surface area contributed by atoms with Crippen LogP contribution in [0.4, 0.5) is 61.7 Å². The monoisotopic (exact) mass is 1360 g/mol. The van der Waals surface area contributed by atoms with Crippen LogP contribution in [0.2, 0.25) is 0 Å². The third-order valence-electron chi connectivity index (χ3n) is 11.9. The number of carbonyl (C=O) groups is 1. The molecule has 23 nitrogen and oxygen atoms in total. The summed E-state index contributed by atoms with van der Waals surface area (Å²) in [6, 6.07) is 23.7. The van der Waals surface area contributed by atoms with E-state index in [1.807, 2.05) is 41.5 Å². The Bertz CT molecular complexity index is 3440. The number of urea groups is 1. The van der Waals surface area contributed by atoms with Crippen molar-refractivity contribution < 1.29 is 58.8 Å². The number of azo groups is 4. The molecule has 29 heteroatoms. The van der Waals surface area contributed by atoms with Crippen LogP contribution < -0.4 is 29.6 Å². The maximum Gasteiger partial charge on any atom is 0.323 e. The quantitative estimate of drug-likeness (QED) is 0.0106. The van der Waals surface area contributed by atoms with Gasteiger partial charge in [0, 0.05) is 44.0 Å². The van der Waals surface area contributed by atoms with Crippen molar-refractivity contribution in [1.82, 2.24) is 0 Å². The van der Waals surface area contributed by atoms with E-state index < -0.39 is 37.8 Å². The summed E-state index contributed by atoms with van der Waals surface area (Å²) in [6.45, 7) is 11.6. The molecule has 6 rings (SSSR count). The predicted molar refractivity (Wildman–Crippen MR) is 335 cm³/mol. The zero-order valence-corrected chi connectivity index (χ0v) is 52.9. The zero-order valence-electron chi connectivity index (χ0n) is 46.5. The third-order valence-corrected chi connectivity index (χ3v) is 15.8. The maximum absolute atomic E-state index is 13.6. The first-order valence-corrected chi connectivity index (χ1v) is 32.5. The van der Waals surface area contributed by atoms with Crippen LogP contribution in [0.3, 0.4) is 0 Å². The second-order valence-electron chi connectivity index (χ2n) is 18.8. The molecule has 0 bridgehead atoms. The summed E-state index contributed by atoms with van der Waals surface area (Å²) in [6.07, 6.45) is 1.34. The highest BCUT2D eigenvalue weighted by molar-refractivity contribution is 9.11. The van der Waals surface area contributed by atoms with E-state index in [1.165, 1.54) is 0 Å². The molecule has 0 unspecified atom stereocenters. The number of carbonyl (C=O) groups excluding carboxylic acids is 1. The van der Waals surface area contributed by atoms with E-state index in [0.717, 1.165) is 24.1 Å². The Morgan fingerprint density at radius 1 is 0.440 bits per heavy atom. The number of nitrogens with zero attached hydrogens (tertiary/aromatic N) is 8. The maximum atomic E-state index is 13.6. The molecule has 0 atom stereocenters. The Kier molecular flexibility index (Phi) is 25.6. The molecule has 2 amide bonds. The van der Waals surface area contributed by atoms with Gasteiger partial charge < -0.3 is 38.7 Å². The Balaban J connectivity index is 1.15. The van der Waals surface area contributed by atoms with Crippen molar-refractivity contribution in [2.45, 2.75) is 67.2 Å². The van der Waals surface area contributed by atoms with Gasteiger partial charge >= 0.3 is 6.03 Å². The molecular formula is C55H62Br2N10O13S4. The second kappa shape index (κ2) is 32.2. The number of hydrogen-bond donors (Lipinski definition) is 6. The van der Waals surface area contributed by atoms with Gasteiger partial charge in [0.1, 0.15) is 45.7 Å². The van der Waals surface area contributed by atoms with Crippen molar-refractivity contribution in [1.29, 1.82) is 0 Å². The fourth-order valence-corrected chi connectivity index (χ4v) is 9.84. The van der Waals surface area contributed by atoms with Gasteiger partial charge in [0.15, 0.2) is 0 Å². The van der Waals surface area contributed by atoms with E-state index in [1.54, 1.807) is 84.9 Å². The van der Waals surface area contributed by atoms with E-state index in [-0.39, 0.29) is 37.6 Å². The number of anilines is 2. The number of halogens is 2. The summed E-state index contributed by atoms with van der Waals surface area (Å²) in [5, 5.41) is 41.7. The normalized spacial score (nSPS) is 12.0. The number of rotatable bonds is 30. The summed E-state index contributed by atoms with van der Waals surface area (Å²) in [7, 11) is -8.44. The summed E-state index contributed by atoms with van der Waals surface area (Å²) in [5.41, 5.74) is 8.65. The lowest BCUT2D eigenvalue weighted by molar-refractivity contribution is 0.262. The highest BCUT2D eigenvalue weighted by atomic mass is 79.9. The fourth-order valence-electron chi connectivity index (χ4n) is 7.51. The smallest absolute Gasteiger partial charge is 0.323 e. The van der Waals surface area contributed by atoms with E-state index in [9.17, 15) is 30.7 Å². The SMILES string of the molecule is Cc1cc(N=Nc2cc(C)c(NC(=O)Nc3cc(C)c(N=Nc4cc(C)c(N=Nc5ccc(OCCCSO)cc5Br)cc4OCCCS(=O)(=O)O)cc3C)cc2C)c(OCCCS(=O)(=O)O)cc1N=Nc1ccc(OCCCSO)cc1Br. The largest absolute Gasteiger partial charge is 0.494 e. The number of aryl methyl sites for hydroxylation is 6. The topological polar surface area (TPSA) is 326 Å². The van der Waals surface area contributed by atoms with Crippen molar-refractivity contribution in [3.8, 4) is 23.0 Å². The Labute approximate surface area is 512 Å². The predicted octanol–water partition coefficient (Wildman–Crippen LogP) is 17.6. The van der Waals surface area contributed by atoms with Crippen LogP contribution in [-0.2, 0) is 20.2 Å². The van der Waals surface area contributed by atoms with E-state index in [0.29, 0.717) is 148 Å². The fraction of sp³-hybridized carbons (Fsp3) is 0.327. The molecule has 0 aliphatic rings. The number of ether oxygens (including phenoxy) is 4. The van der Waals surface area contributed by atoms with Crippen molar-refractivity contribution >= 4 is 139 Å². The average Bonchev–Trinajstić information content (AvgIpc) is 3.51. The van der Waals surface area contributed by atoms with Crippen molar-refractivity contribution in [2.24, 2.45) is 40.9 Å². The second-order valence-corrected chi connectivity index (χ2v) is 25.0. The Morgan fingerprint density at radius 2 is 0.762 bits per heavy atom. The van der Waals surface area contributed by atoms with Crippen molar-refractivity contribution in [3.05, 3.63) is 127 Å². The highest BCUT2D eigenvalue weighted by Gasteiger charge is 2.17. The van der Waals surface area contributed by atoms with Crippen LogP contribution in [-0.4, -0.2) is 90.5 Å². The number of benzene rings is 6. The third kappa shape index (κ3) is 21.6. The van der Waals surface area contributed by atoms with E-state index in [2.05, 4.69) is 83.4 Å². The van der Waals surface area contributed by atoms with Crippen LogP contribution in [0.1, 0.15) is 59.1 Å². The molecule has 0 saturated carbocycles. The van der Waals surface area contributed by atoms with Gasteiger partial charge in [-0.25, -0.2) is 4.79 Å². The summed E-state index contributed by atoms with van der Waals surface area (Å²) >= 11 is 8.56. The van der Waals surface area contributed by atoms with E-state index >= 15 is 0 Å². The van der Waals surface area contributed by atoms with Crippen molar-refractivity contribution in [2.75, 3.05) is 60.1 Å². The van der Waals surface area contributed by atoms with Crippen LogP contribution in [0.15, 0.2) is 135 Å². The van der Waals surface area contributed by atoms with Gasteiger partial charge in [0.25, 0.3) is 20.2 Å².